The van der Waals surface area contributed by atoms with Crippen LogP contribution in [0.15, 0.2) is 24.3 Å². The van der Waals surface area contributed by atoms with Crippen molar-refractivity contribution in [1.82, 2.24) is 0 Å². The van der Waals surface area contributed by atoms with Crippen molar-refractivity contribution < 1.29 is 9.53 Å². The largest absolute Gasteiger partial charge is 0.465 e. The van der Waals surface area contributed by atoms with E-state index < -0.39 is 5.41 Å². The summed E-state index contributed by atoms with van der Waals surface area (Å²) in [7, 11) is 0. The Morgan fingerprint density at radius 1 is 1.35 bits per heavy atom. The van der Waals surface area contributed by atoms with Gasteiger partial charge in [-0.3, -0.25) is 4.79 Å². The SMILES string of the molecule is CC(C)(C(=O)OCC1CC1)c1ccc(N)cc1. The van der Waals surface area contributed by atoms with E-state index in [4.69, 9.17) is 10.5 Å². The summed E-state index contributed by atoms with van der Waals surface area (Å²) >= 11 is 0. The van der Waals surface area contributed by atoms with Crippen LogP contribution in [0.25, 0.3) is 0 Å². The molecule has 0 aromatic heterocycles. The molecule has 0 aliphatic heterocycles. The van der Waals surface area contributed by atoms with Crippen molar-refractivity contribution in [3.63, 3.8) is 0 Å². The van der Waals surface area contributed by atoms with Crippen LogP contribution in [0.4, 0.5) is 5.69 Å². The Kier molecular flexibility index (Phi) is 3.09. The second kappa shape index (κ2) is 4.40. The minimum atomic E-state index is -0.609. The standard InChI is InChI=1S/C14H19NO2/c1-14(2,11-5-7-12(15)8-6-11)13(16)17-9-10-3-4-10/h5-8,10H,3-4,9,15H2,1-2H3. The summed E-state index contributed by atoms with van der Waals surface area (Å²) in [6.07, 6.45) is 2.38. The average Bonchev–Trinajstić information content (AvgIpc) is 3.10. The predicted molar refractivity (Wildman–Crippen MR) is 67.6 cm³/mol. The van der Waals surface area contributed by atoms with Gasteiger partial charge in [-0.25, -0.2) is 0 Å². The van der Waals surface area contributed by atoms with E-state index in [0.29, 0.717) is 18.2 Å². The molecule has 92 valence electrons. The maximum Gasteiger partial charge on any atom is 0.315 e. The van der Waals surface area contributed by atoms with E-state index in [9.17, 15) is 4.79 Å². The van der Waals surface area contributed by atoms with Gasteiger partial charge in [-0.15, -0.1) is 0 Å². The number of carbonyl (C=O) groups is 1. The van der Waals surface area contributed by atoms with Crippen molar-refractivity contribution in [2.45, 2.75) is 32.1 Å². The van der Waals surface area contributed by atoms with Gasteiger partial charge in [-0.05, 0) is 50.3 Å². The van der Waals surface area contributed by atoms with Gasteiger partial charge in [0.15, 0.2) is 0 Å². The third-order valence-electron chi connectivity index (χ3n) is 3.29. The Labute approximate surface area is 102 Å². The summed E-state index contributed by atoms with van der Waals surface area (Å²) < 4.78 is 5.35. The van der Waals surface area contributed by atoms with Crippen molar-refractivity contribution in [2.24, 2.45) is 5.92 Å². The first kappa shape index (κ1) is 12.0. The highest BCUT2D eigenvalue weighted by molar-refractivity contribution is 5.82. The van der Waals surface area contributed by atoms with Gasteiger partial charge in [0, 0.05) is 5.69 Å². The van der Waals surface area contributed by atoms with Gasteiger partial charge < -0.3 is 10.5 Å². The molecule has 3 heteroatoms. The van der Waals surface area contributed by atoms with Crippen LogP contribution < -0.4 is 5.73 Å². The number of esters is 1. The Balaban J connectivity index is 2.04. The minimum absolute atomic E-state index is 0.158. The number of nitrogens with two attached hydrogens (primary N) is 1. The fourth-order valence-corrected chi connectivity index (χ4v) is 1.68. The van der Waals surface area contributed by atoms with Crippen LogP contribution in [0.1, 0.15) is 32.3 Å². The molecule has 1 fully saturated rings. The summed E-state index contributed by atoms with van der Waals surface area (Å²) in [5.74, 6) is 0.440. The molecule has 1 aliphatic rings. The Morgan fingerprint density at radius 3 is 2.47 bits per heavy atom. The zero-order valence-electron chi connectivity index (χ0n) is 10.4. The maximum absolute atomic E-state index is 12.0. The first-order chi connectivity index (χ1) is 8.00. The molecule has 1 saturated carbocycles. The van der Waals surface area contributed by atoms with Gasteiger partial charge in [0.2, 0.25) is 0 Å². The molecule has 0 atom stereocenters. The lowest BCUT2D eigenvalue weighted by molar-refractivity contribution is -0.149. The number of benzene rings is 1. The highest BCUT2D eigenvalue weighted by atomic mass is 16.5. The molecule has 0 radical (unpaired) electrons. The van der Waals surface area contributed by atoms with Crippen molar-refractivity contribution in [3.8, 4) is 0 Å². The molecule has 0 amide bonds. The summed E-state index contributed by atoms with van der Waals surface area (Å²) in [6.45, 7) is 4.33. The van der Waals surface area contributed by atoms with Crippen LogP contribution in [-0.4, -0.2) is 12.6 Å². The van der Waals surface area contributed by atoms with Gasteiger partial charge in [-0.1, -0.05) is 12.1 Å². The molecule has 17 heavy (non-hydrogen) atoms. The Bertz CT molecular complexity index is 405. The lowest BCUT2D eigenvalue weighted by Gasteiger charge is -2.23. The summed E-state index contributed by atoms with van der Waals surface area (Å²) in [6, 6.07) is 7.39. The average molecular weight is 233 g/mol. The van der Waals surface area contributed by atoms with Crippen LogP contribution in [0.5, 0.6) is 0 Å². The van der Waals surface area contributed by atoms with Crippen LogP contribution in [0.2, 0.25) is 0 Å². The number of rotatable bonds is 4. The molecule has 2 rings (SSSR count). The monoisotopic (exact) mass is 233 g/mol. The Morgan fingerprint density at radius 2 is 1.94 bits per heavy atom. The normalized spacial score (nSPS) is 15.6. The van der Waals surface area contributed by atoms with Crippen molar-refractivity contribution in [3.05, 3.63) is 29.8 Å². The maximum atomic E-state index is 12.0. The van der Waals surface area contributed by atoms with Crippen molar-refractivity contribution >= 4 is 11.7 Å². The minimum Gasteiger partial charge on any atom is -0.465 e. The smallest absolute Gasteiger partial charge is 0.315 e. The second-order valence-electron chi connectivity index (χ2n) is 5.29. The first-order valence-corrected chi connectivity index (χ1v) is 6.03. The molecule has 0 bridgehead atoms. The summed E-state index contributed by atoms with van der Waals surface area (Å²) in [4.78, 5) is 12.0. The lowest BCUT2D eigenvalue weighted by Crippen LogP contribution is -2.31. The molecule has 2 N–H and O–H groups in total. The van der Waals surface area contributed by atoms with Crippen LogP contribution >= 0.6 is 0 Å². The molecule has 0 heterocycles. The topological polar surface area (TPSA) is 52.3 Å². The van der Waals surface area contributed by atoms with Gasteiger partial charge in [0.1, 0.15) is 0 Å². The first-order valence-electron chi connectivity index (χ1n) is 6.03. The Hall–Kier alpha value is -1.51. The van der Waals surface area contributed by atoms with Crippen LogP contribution in [0.3, 0.4) is 0 Å². The number of carbonyl (C=O) groups excluding carboxylic acids is 1. The number of anilines is 1. The quantitative estimate of drug-likeness (QED) is 0.642. The van der Waals surface area contributed by atoms with E-state index in [2.05, 4.69) is 0 Å². The van der Waals surface area contributed by atoms with E-state index >= 15 is 0 Å². The molecular weight excluding hydrogens is 214 g/mol. The number of hydrogen-bond acceptors (Lipinski definition) is 3. The highest BCUT2D eigenvalue weighted by Gasteiger charge is 2.33. The molecule has 0 unspecified atom stereocenters. The van der Waals surface area contributed by atoms with Gasteiger partial charge >= 0.3 is 5.97 Å². The third kappa shape index (κ3) is 2.78. The molecule has 3 nitrogen and oxygen atoms in total. The van der Waals surface area contributed by atoms with E-state index in [-0.39, 0.29) is 5.97 Å². The number of nitrogen functional groups attached to an aromatic ring is 1. The van der Waals surface area contributed by atoms with Gasteiger partial charge in [-0.2, -0.15) is 0 Å². The van der Waals surface area contributed by atoms with Crippen LogP contribution in [-0.2, 0) is 14.9 Å². The number of hydrogen-bond donors (Lipinski definition) is 1. The molecule has 0 spiro atoms. The van der Waals surface area contributed by atoms with E-state index in [1.165, 1.54) is 12.8 Å². The fourth-order valence-electron chi connectivity index (χ4n) is 1.68. The second-order valence-corrected chi connectivity index (χ2v) is 5.29. The van der Waals surface area contributed by atoms with Gasteiger partial charge in [0.25, 0.3) is 0 Å². The number of ether oxygens (including phenoxy) is 1. The zero-order chi connectivity index (χ0) is 12.5. The van der Waals surface area contributed by atoms with Crippen LogP contribution in [0, 0.1) is 5.92 Å². The van der Waals surface area contributed by atoms with E-state index in [0.717, 1.165) is 5.56 Å². The predicted octanol–water partition coefficient (Wildman–Crippen LogP) is 2.50. The molecular formula is C14H19NO2. The molecule has 1 aromatic carbocycles. The van der Waals surface area contributed by atoms with E-state index in [1.54, 1.807) is 0 Å². The fraction of sp³-hybridized carbons (Fsp3) is 0.500. The van der Waals surface area contributed by atoms with E-state index in [1.807, 2.05) is 38.1 Å². The molecule has 1 aliphatic carbocycles. The highest BCUT2D eigenvalue weighted by Crippen LogP contribution is 2.31. The lowest BCUT2D eigenvalue weighted by atomic mass is 9.85. The third-order valence-corrected chi connectivity index (χ3v) is 3.29. The zero-order valence-corrected chi connectivity index (χ0v) is 10.4. The summed E-state index contributed by atoms with van der Waals surface area (Å²) in [5, 5.41) is 0. The van der Waals surface area contributed by atoms with Crippen molar-refractivity contribution in [1.29, 1.82) is 0 Å². The van der Waals surface area contributed by atoms with Crippen molar-refractivity contribution in [2.75, 3.05) is 12.3 Å². The summed E-state index contributed by atoms with van der Waals surface area (Å²) in [5.41, 5.74) is 6.67. The molecule has 1 aromatic rings. The molecule has 0 saturated heterocycles. The van der Waals surface area contributed by atoms with Gasteiger partial charge in [0.05, 0.1) is 12.0 Å².